The van der Waals surface area contributed by atoms with Gasteiger partial charge < -0.3 is 0 Å². The summed E-state index contributed by atoms with van der Waals surface area (Å²) in [6, 6.07) is 14.4. The van der Waals surface area contributed by atoms with Crippen molar-refractivity contribution in [2.45, 2.75) is 6.17 Å². The molecule has 0 N–H and O–H groups in total. The van der Waals surface area contributed by atoms with Crippen molar-refractivity contribution in [3.05, 3.63) is 64.7 Å². The zero-order valence-corrected chi connectivity index (χ0v) is 16.3. The molecule has 1 amide bonds. The van der Waals surface area contributed by atoms with Gasteiger partial charge in [-0.25, -0.2) is 0 Å². The predicted molar refractivity (Wildman–Crippen MR) is 110 cm³/mol. The molecular weight excluding hydrogens is 392 g/mol. The molecule has 2 heterocycles. The number of ketones is 1. The van der Waals surface area contributed by atoms with Crippen LogP contribution < -0.4 is 4.90 Å². The van der Waals surface area contributed by atoms with Gasteiger partial charge in [0.25, 0.3) is 5.78 Å². The van der Waals surface area contributed by atoms with E-state index in [0.717, 1.165) is 5.56 Å². The van der Waals surface area contributed by atoms with E-state index in [4.69, 9.17) is 11.6 Å². The molecule has 4 rings (SSSR count). The molecule has 1 fully saturated rings. The number of hydrogen-bond acceptors (Lipinski definition) is 6. The van der Waals surface area contributed by atoms with Gasteiger partial charge >= 0.3 is 5.91 Å². The van der Waals surface area contributed by atoms with E-state index in [1.54, 1.807) is 18.3 Å². The molecule has 0 saturated carbocycles. The van der Waals surface area contributed by atoms with Gasteiger partial charge in [-0.2, -0.15) is 5.10 Å². The molecule has 0 radical (unpaired) electrons. The summed E-state index contributed by atoms with van der Waals surface area (Å²) in [6.45, 7) is 2.27. The maximum Gasteiger partial charge on any atom is 0.301 e. The number of halogens is 1. The Balaban J connectivity index is 1.47. The summed E-state index contributed by atoms with van der Waals surface area (Å²) in [5.74, 6) is -1.32. The van der Waals surface area contributed by atoms with Gasteiger partial charge in [-0.15, -0.1) is 0 Å². The number of Topliss-reactive ketones (excluding diaryl/α,β-unsaturated/α-hetero) is 1. The van der Waals surface area contributed by atoms with E-state index < -0.39 is 17.9 Å². The second-order valence-electron chi connectivity index (χ2n) is 6.86. The van der Waals surface area contributed by atoms with Crippen molar-refractivity contribution in [3.63, 3.8) is 0 Å². The number of amides is 1. The van der Waals surface area contributed by atoms with Crippen molar-refractivity contribution in [2.24, 2.45) is 5.10 Å². The molecule has 0 aliphatic carbocycles. The first-order chi connectivity index (χ1) is 14.1. The molecule has 0 bridgehead atoms. The van der Waals surface area contributed by atoms with Crippen LogP contribution in [0, 0.1) is 0 Å². The quantitative estimate of drug-likeness (QED) is 0.428. The summed E-state index contributed by atoms with van der Waals surface area (Å²) in [5, 5.41) is 6.81. The zero-order valence-electron chi connectivity index (χ0n) is 15.6. The second-order valence-corrected chi connectivity index (χ2v) is 7.30. The SMILES string of the molecule is O=CC(N1CCN(N=Cc2ccccc2)CC1)N1C(=O)C(=O)c2ccc(Cl)cc21. The first-order valence-corrected chi connectivity index (χ1v) is 9.67. The van der Waals surface area contributed by atoms with Crippen molar-refractivity contribution in [3.8, 4) is 0 Å². The van der Waals surface area contributed by atoms with Gasteiger partial charge in [-0.05, 0) is 23.8 Å². The van der Waals surface area contributed by atoms with Gasteiger partial charge in [-0.3, -0.25) is 29.2 Å². The third-order valence-corrected chi connectivity index (χ3v) is 5.33. The minimum absolute atomic E-state index is 0.275. The Labute approximate surface area is 173 Å². The highest BCUT2D eigenvalue weighted by molar-refractivity contribution is 6.53. The van der Waals surface area contributed by atoms with E-state index in [1.165, 1.54) is 11.0 Å². The Kier molecular flexibility index (Phi) is 5.42. The second kappa shape index (κ2) is 8.14. The molecule has 1 atom stereocenters. The number of benzene rings is 2. The number of hydrogen-bond donors (Lipinski definition) is 0. The van der Waals surface area contributed by atoms with Crippen LogP contribution in [0.1, 0.15) is 15.9 Å². The van der Waals surface area contributed by atoms with Crippen LogP contribution in [0.15, 0.2) is 53.6 Å². The van der Waals surface area contributed by atoms with Crippen LogP contribution in [0.2, 0.25) is 5.02 Å². The molecule has 148 valence electrons. The van der Waals surface area contributed by atoms with Crippen molar-refractivity contribution >= 4 is 41.5 Å². The van der Waals surface area contributed by atoms with E-state index in [1.807, 2.05) is 40.2 Å². The predicted octanol–water partition coefficient (Wildman–Crippen LogP) is 2.05. The molecule has 0 aromatic heterocycles. The number of piperazine rings is 1. The fourth-order valence-corrected chi connectivity index (χ4v) is 3.75. The average molecular weight is 411 g/mol. The lowest BCUT2D eigenvalue weighted by atomic mass is 10.1. The van der Waals surface area contributed by atoms with E-state index in [-0.39, 0.29) is 5.56 Å². The molecule has 1 saturated heterocycles. The number of hydrazone groups is 1. The smallest absolute Gasteiger partial charge is 0.299 e. The summed E-state index contributed by atoms with van der Waals surface area (Å²) in [6.07, 6.45) is 1.64. The molecule has 2 aromatic rings. The lowest BCUT2D eigenvalue weighted by Gasteiger charge is -2.39. The Morgan fingerprint density at radius 3 is 2.41 bits per heavy atom. The van der Waals surface area contributed by atoms with Crippen molar-refractivity contribution in [1.29, 1.82) is 0 Å². The van der Waals surface area contributed by atoms with Crippen molar-refractivity contribution in [2.75, 3.05) is 31.1 Å². The topological polar surface area (TPSA) is 73.3 Å². The largest absolute Gasteiger partial charge is 0.301 e. The third kappa shape index (κ3) is 3.79. The van der Waals surface area contributed by atoms with Gasteiger partial charge in [0.05, 0.1) is 17.5 Å². The molecule has 2 aliphatic heterocycles. The Morgan fingerprint density at radius 1 is 1.00 bits per heavy atom. The summed E-state index contributed by atoms with van der Waals surface area (Å²) >= 11 is 6.05. The maximum atomic E-state index is 12.6. The molecule has 2 aliphatic rings. The number of carbonyl (C=O) groups is 3. The van der Waals surface area contributed by atoms with E-state index in [0.29, 0.717) is 43.2 Å². The van der Waals surface area contributed by atoms with Gasteiger partial charge in [-0.1, -0.05) is 41.9 Å². The van der Waals surface area contributed by atoms with Crippen LogP contribution in [0.4, 0.5) is 5.69 Å². The first kappa shape index (κ1) is 19.3. The normalized spacial score (nSPS) is 18.4. The lowest BCUT2D eigenvalue weighted by Crippen LogP contribution is -2.57. The summed E-state index contributed by atoms with van der Waals surface area (Å²) in [5.41, 5.74) is 1.67. The highest BCUT2D eigenvalue weighted by Gasteiger charge is 2.42. The molecule has 1 unspecified atom stereocenters. The van der Waals surface area contributed by atoms with Gasteiger partial charge in [0.2, 0.25) is 0 Å². The number of carbonyl (C=O) groups excluding carboxylic acids is 3. The van der Waals surface area contributed by atoms with Gasteiger partial charge in [0.15, 0.2) is 6.29 Å². The maximum absolute atomic E-state index is 12.6. The third-order valence-electron chi connectivity index (χ3n) is 5.10. The Bertz CT molecular complexity index is 971. The monoisotopic (exact) mass is 410 g/mol. The van der Waals surface area contributed by atoms with Crippen LogP contribution in [-0.4, -0.2) is 66.4 Å². The molecule has 0 spiro atoms. The fourth-order valence-electron chi connectivity index (χ4n) is 3.58. The Hall–Kier alpha value is -3.03. The summed E-state index contributed by atoms with van der Waals surface area (Å²) in [4.78, 5) is 39.9. The average Bonchev–Trinajstić information content (AvgIpc) is 2.99. The van der Waals surface area contributed by atoms with Crippen LogP contribution in [0.25, 0.3) is 0 Å². The standard InChI is InChI=1S/C21H19ClN4O3/c22-16-6-7-17-18(12-16)26(21(29)20(17)28)19(14-27)24-8-10-25(11-9-24)23-13-15-4-2-1-3-5-15/h1-7,12-14,19H,8-11H2. The van der Waals surface area contributed by atoms with Crippen LogP contribution in [-0.2, 0) is 9.59 Å². The molecule has 29 heavy (non-hydrogen) atoms. The molecule has 2 aromatic carbocycles. The number of nitrogens with zero attached hydrogens (tertiary/aromatic N) is 4. The zero-order chi connectivity index (χ0) is 20.4. The number of anilines is 1. The fraction of sp³-hybridized carbons (Fsp3) is 0.238. The minimum Gasteiger partial charge on any atom is -0.299 e. The minimum atomic E-state index is -0.855. The molecular formula is C21H19ClN4O3. The number of aldehydes is 1. The molecule has 7 nitrogen and oxygen atoms in total. The number of rotatable bonds is 5. The van der Waals surface area contributed by atoms with Crippen LogP contribution in [0.3, 0.4) is 0 Å². The van der Waals surface area contributed by atoms with E-state index >= 15 is 0 Å². The first-order valence-electron chi connectivity index (χ1n) is 9.29. The summed E-state index contributed by atoms with van der Waals surface area (Å²) in [7, 11) is 0. The van der Waals surface area contributed by atoms with E-state index in [2.05, 4.69) is 5.10 Å². The highest BCUT2D eigenvalue weighted by Crippen LogP contribution is 2.33. The molecule has 8 heteroatoms. The van der Waals surface area contributed by atoms with E-state index in [9.17, 15) is 14.4 Å². The summed E-state index contributed by atoms with van der Waals surface area (Å²) < 4.78 is 0. The van der Waals surface area contributed by atoms with Crippen LogP contribution in [0.5, 0.6) is 0 Å². The number of fused-ring (bicyclic) bond motifs is 1. The van der Waals surface area contributed by atoms with Crippen LogP contribution >= 0.6 is 11.6 Å². The van der Waals surface area contributed by atoms with Gasteiger partial charge in [0, 0.05) is 31.2 Å². The lowest BCUT2D eigenvalue weighted by molar-refractivity contribution is -0.120. The Morgan fingerprint density at radius 2 is 1.72 bits per heavy atom. The van der Waals surface area contributed by atoms with Crippen molar-refractivity contribution in [1.82, 2.24) is 9.91 Å². The van der Waals surface area contributed by atoms with Crippen molar-refractivity contribution < 1.29 is 14.4 Å². The highest BCUT2D eigenvalue weighted by atomic mass is 35.5. The van der Waals surface area contributed by atoms with Gasteiger partial charge in [0.1, 0.15) is 6.17 Å².